The molecule has 1 aromatic carbocycles. The average Bonchev–Trinajstić information content (AvgIpc) is 3.19. The predicted octanol–water partition coefficient (Wildman–Crippen LogP) is 2.65. The monoisotopic (exact) mass is 372 g/mol. The Kier molecular flexibility index (Phi) is 4.90. The molecule has 1 aliphatic rings. The number of amides is 3. The summed E-state index contributed by atoms with van der Waals surface area (Å²) in [4.78, 5) is 48.3. The molecular weight excluding hydrogens is 360 g/mol. The van der Waals surface area contributed by atoms with Gasteiger partial charge in [0.2, 0.25) is 5.91 Å². The van der Waals surface area contributed by atoms with E-state index in [9.17, 15) is 19.2 Å². The highest BCUT2D eigenvalue weighted by Gasteiger charge is 2.36. The number of furan rings is 1. The zero-order valence-electron chi connectivity index (χ0n) is 13.2. The van der Waals surface area contributed by atoms with Crippen LogP contribution in [0.1, 0.15) is 16.1 Å². The van der Waals surface area contributed by atoms with Crippen LogP contribution >= 0.6 is 11.8 Å². The van der Waals surface area contributed by atoms with Crippen molar-refractivity contribution < 1.29 is 28.7 Å². The van der Waals surface area contributed by atoms with Gasteiger partial charge in [0.25, 0.3) is 11.1 Å². The van der Waals surface area contributed by atoms with Crippen LogP contribution in [-0.4, -0.2) is 39.6 Å². The van der Waals surface area contributed by atoms with Crippen molar-refractivity contribution in [3.63, 3.8) is 0 Å². The van der Waals surface area contributed by atoms with Crippen molar-refractivity contribution in [3.05, 3.63) is 58.9 Å². The summed E-state index contributed by atoms with van der Waals surface area (Å²) >= 11 is 0.716. The van der Waals surface area contributed by atoms with Gasteiger partial charge in [0.05, 0.1) is 16.7 Å². The number of imide groups is 1. The first kappa shape index (κ1) is 17.5. The molecule has 2 N–H and O–H groups in total. The molecule has 0 atom stereocenters. The number of carboxylic acids is 1. The first-order valence-electron chi connectivity index (χ1n) is 7.36. The lowest BCUT2D eigenvalue weighted by Gasteiger charge is -2.12. The number of rotatable bonds is 5. The fourth-order valence-electron chi connectivity index (χ4n) is 2.21. The molecule has 3 rings (SSSR count). The van der Waals surface area contributed by atoms with Crippen molar-refractivity contribution in [2.75, 3.05) is 11.9 Å². The third-order valence-corrected chi connectivity index (χ3v) is 4.29. The van der Waals surface area contributed by atoms with Gasteiger partial charge in [0, 0.05) is 11.8 Å². The minimum absolute atomic E-state index is 0.00958. The highest BCUT2D eigenvalue weighted by molar-refractivity contribution is 8.18. The minimum Gasteiger partial charge on any atom is -0.478 e. The second-order valence-electron chi connectivity index (χ2n) is 5.22. The molecule has 132 valence electrons. The van der Waals surface area contributed by atoms with Gasteiger partial charge < -0.3 is 14.8 Å². The average molecular weight is 372 g/mol. The summed E-state index contributed by atoms with van der Waals surface area (Å²) in [6.45, 7) is -0.475. The number of anilines is 1. The Morgan fingerprint density at radius 3 is 2.73 bits per heavy atom. The molecule has 0 bridgehead atoms. The number of thioether (sulfide) groups is 1. The van der Waals surface area contributed by atoms with Gasteiger partial charge in [-0.2, -0.15) is 0 Å². The summed E-state index contributed by atoms with van der Waals surface area (Å²) in [5, 5.41) is 10.9. The summed E-state index contributed by atoms with van der Waals surface area (Å²) < 4.78 is 5.11. The van der Waals surface area contributed by atoms with E-state index in [1.165, 1.54) is 36.6 Å². The number of carboxylic acid groups (broad SMARTS) is 1. The lowest BCUT2D eigenvalue weighted by atomic mass is 10.2. The Bertz CT molecular complexity index is 919. The maximum atomic E-state index is 12.3. The number of nitrogens with zero attached hydrogens (tertiary/aromatic N) is 1. The SMILES string of the molecule is O=C(CN1C(=O)S/C(=C\c2ccco2)C1=O)Nc1cccc(C(=O)O)c1. The standard InChI is InChI=1S/C17H12N2O6S/c20-14(18-11-4-1-3-10(7-11)16(22)23)9-19-15(21)13(26-17(19)24)8-12-5-2-6-25-12/h1-8H,9H2,(H,18,20)(H,22,23)/b13-8-. The summed E-state index contributed by atoms with van der Waals surface area (Å²) in [5.41, 5.74) is 0.267. The maximum absolute atomic E-state index is 12.3. The van der Waals surface area contributed by atoms with E-state index < -0.39 is 29.6 Å². The van der Waals surface area contributed by atoms with Crippen LogP contribution in [0, 0.1) is 0 Å². The van der Waals surface area contributed by atoms with Gasteiger partial charge in [-0.05, 0) is 42.1 Å². The first-order valence-corrected chi connectivity index (χ1v) is 8.18. The van der Waals surface area contributed by atoms with Crippen molar-refractivity contribution in [1.82, 2.24) is 4.90 Å². The Hall–Kier alpha value is -3.33. The van der Waals surface area contributed by atoms with Crippen LogP contribution in [0.5, 0.6) is 0 Å². The topological polar surface area (TPSA) is 117 Å². The van der Waals surface area contributed by atoms with Crippen molar-refractivity contribution in [2.24, 2.45) is 0 Å². The van der Waals surface area contributed by atoms with Crippen LogP contribution in [0.3, 0.4) is 0 Å². The lowest BCUT2D eigenvalue weighted by Crippen LogP contribution is -2.36. The number of carbonyl (C=O) groups is 4. The second-order valence-corrected chi connectivity index (χ2v) is 6.21. The number of benzene rings is 1. The molecule has 1 fully saturated rings. The first-order chi connectivity index (χ1) is 12.4. The van der Waals surface area contributed by atoms with Crippen LogP contribution in [0.25, 0.3) is 6.08 Å². The van der Waals surface area contributed by atoms with Crippen LogP contribution in [-0.2, 0) is 9.59 Å². The number of carbonyl (C=O) groups excluding carboxylic acids is 3. The minimum atomic E-state index is -1.13. The Morgan fingerprint density at radius 2 is 2.04 bits per heavy atom. The van der Waals surface area contributed by atoms with E-state index in [4.69, 9.17) is 9.52 Å². The lowest BCUT2D eigenvalue weighted by molar-refractivity contribution is -0.127. The summed E-state index contributed by atoms with van der Waals surface area (Å²) in [6, 6.07) is 8.93. The molecule has 1 saturated heterocycles. The number of hydrogen-bond acceptors (Lipinski definition) is 6. The quantitative estimate of drug-likeness (QED) is 0.775. The van der Waals surface area contributed by atoms with Gasteiger partial charge in [-0.15, -0.1) is 0 Å². The summed E-state index contributed by atoms with van der Waals surface area (Å²) in [6.07, 6.45) is 2.87. The molecular formula is C17H12N2O6S. The van der Waals surface area contributed by atoms with Crippen LogP contribution in [0.4, 0.5) is 10.5 Å². The zero-order chi connectivity index (χ0) is 18.7. The molecule has 8 nitrogen and oxygen atoms in total. The molecule has 26 heavy (non-hydrogen) atoms. The normalized spacial score (nSPS) is 15.5. The van der Waals surface area contributed by atoms with Crippen LogP contribution in [0.15, 0.2) is 52.0 Å². The van der Waals surface area contributed by atoms with E-state index >= 15 is 0 Å². The number of hydrogen-bond donors (Lipinski definition) is 2. The molecule has 2 heterocycles. The largest absolute Gasteiger partial charge is 0.478 e. The van der Waals surface area contributed by atoms with E-state index in [1.54, 1.807) is 12.1 Å². The van der Waals surface area contributed by atoms with Gasteiger partial charge >= 0.3 is 5.97 Å². The molecule has 2 aromatic rings. The zero-order valence-corrected chi connectivity index (χ0v) is 14.0. The fraction of sp³-hybridized carbons (Fsp3) is 0.0588. The van der Waals surface area contributed by atoms with E-state index in [2.05, 4.69) is 5.32 Å². The second kappa shape index (κ2) is 7.28. The van der Waals surface area contributed by atoms with Crippen molar-refractivity contribution in [1.29, 1.82) is 0 Å². The molecule has 1 aromatic heterocycles. The fourth-order valence-corrected chi connectivity index (χ4v) is 3.03. The van der Waals surface area contributed by atoms with E-state index in [0.29, 0.717) is 17.5 Å². The third kappa shape index (κ3) is 3.83. The van der Waals surface area contributed by atoms with E-state index in [0.717, 1.165) is 4.90 Å². The highest BCUT2D eigenvalue weighted by atomic mass is 32.2. The molecule has 0 saturated carbocycles. The molecule has 9 heteroatoms. The Labute approximate surface area is 151 Å². The Balaban J connectivity index is 1.67. The highest BCUT2D eigenvalue weighted by Crippen LogP contribution is 2.32. The predicted molar refractivity (Wildman–Crippen MR) is 93.4 cm³/mol. The van der Waals surface area contributed by atoms with Gasteiger partial charge in [-0.1, -0.05) is 6.07 Å². The van der Waals surface area contributed by atoms with E-state index in [-0.39, 0.29) is 16.2 Å². The smallest absolute Gasteiger partial charge is 0.335 e. The molecule has 0 aliphatic carbocycles. The Morgan fingerprint density at radius 1 is 1.23 bits per heavy atom. The van der Waals surface area contributed by atoms with E-state index in [1.807, 2.05) is 0 Å². The van der Waals surface area contributed by atoms with Crippen LogP contribution in [0.2, 0.25) is 0 Å². The number of aromatic carboxylic acids is 1. The van der Waals surface area contributed by atoms with Crippen molar-refractivity contribution in [2.45, 2.75) is 0 Å². The van der Waals surface area contributed by atoms with Crippen molar-refractivity contribution >= 4 is 46.5 Å². The summed E-state index contributed by atoms with van der Waals surface area (Å²) in [5.74, 6) is -1.92. The maximum Gasteiger partial charge on any atom is 0.335 e. The van der Waals surface area contributed by atoms with Crippen molar-refractivity contribution in [3.8, 4) is 0 Å². The van der Waals surface area contributed by atoms with Gasteiger partial charge in [0.15, 0.2) is 0 Å². The summed E-state index contributed by atoms with van der Waals surface area (Å²) in [7, 11) is 0. The van der Waals surface area contributed by atoms with Crippen LogP contribution < -0.4 is 5.32 Å². The molecule has 1 aliphatic heterocycles. The molecule has 3 amide bonds. The molecule has 0 radical (unpaired) electrons. The number of nitrogens with one attached hydrogen (secondary N) is 1. The third-order valence-electron chi connectivity index (χ3n) is 3.39. The van der Waals surface area contributed by atoms with Gasteiger partial charge in [-0.3, -0.25) is 19.3 Å². The van der Waals surface area contributed by atoms with Gasteiger partial charge in [-0.25, -0.2) is 4.79 Å². The molecule has 0 unspecified atom stereocenters. The molecule has 0 spiro atoms. The van der Waals surface area contributed by atoms with Gasteiger partial charge in [0.1, 0.15) is 12.3 Å².